The lowest BCUT2D eigenvalue weighted by Gasteiger charge is -2.40. The number of nitrogens with one attached hydrogen (secondary N) is 2. The van der Waals surface area contributed by atoms with Gasteiger partial charge in [-0.15, -0.1) is 0 Å². The second-order valence-corrected chi connectivity index (χ2v) is 7.65. The quantitative estimate of drug-likeness (QED) is 0.610. The van der Waals surface area contributed by atoms with Crippen LogP contribution in [0.4, 0.5) is 5.69 Å². The van der Waals surface area contributed by atoms with Gasteiger partial charge < -0.3 is 25.0 Å². The van der Waals surface area contributed by atoms with Crippen molar-refractivity contribution in [2.45, 2.75) is 25.0 Å². The minimum absolute atomic E-state index is 0.107. The second kappa shape index (κ2) is 7.13. The van der Waals surface area contributed by atoms with Crippen LogP contribution < -0.4 is 15.8 Å². The van der Waals surface area contributed by atoms with Gasteiger partial charge in [-0.2, -0.15) is 0 Å². The predicted molar refractivity (Wildman–Crippen MR) is 99.7 cm³/mol. The maximum atomic E-state index is 12.1. The van der Waals surface area contributed by atoms with Gasteiger partial charge in [0, 0.05) is 48.4 Å². The third-order valence-electron chi connectivity index (χ3n) is 5.59. The maximum absolute atomic E-state index is 12.1. The van der Waals surface area contributed by atoms with E-state index in [4.69, 9.17) is 0 Å². The zero-order valence-corrected chi connectivity index (χ0v) is 14.8. The first-order chi connectivity index (χ1) is 12.6. The molecule has 26 heavy (non-hydrogen) atoms. The Morgan fingerprint density at radius 1 is 1.23 bits per heavy atom. The highest BCUT2D eigenvalue weighted by Gasteiger charge is 2.37. The van der Waals surface area contributed by atoms with E-state index in [9.17, 15) is 15.0 Å². The molecule has 1 unspecified atom stereocenters. The van der Waals surface area contributed by atoms with Gasteiger partial charge in [-0.25, -0.2) is 0 Å². The average molecular weight is 356 g/mol. The fourth-order valence-electron chi connectivity index (χ4n) is 4.54. The lowest BCUT2D eigenvalue weighted by molar-refractivity contribution is -0.913. The highest BCUT2D eigenvalue weighted by molar-refractivity contribution is 5.47. The molecule has 2 bridgehead atoms. The van der Waals surface area contributed by atoms with Crippen LogP contribution in [0, 0.1) is 5.92 Å². The SMILES string of the molecule is O=c1cccc2n1C[C@@H]1C[C@H]2C[NH+](C[C@H](O)CNc2cccc(O)c2)C1. The van der Waals surface area contributed by atoms with Crippen molar-refractivity contribution in [3.05, 3.63) is 58.5 Å². The van der Waals surface area contributed by atoms with Gasteiger partial charge >= 0.3 is 0 Å². The summed E-state index contributed by atoms with van der Waals surface area (Å²) in [5.41, 5.74) is 2.07. The van der Waals surface area contributed by atoms with Crippen LogP contribution in [-0.2, 0) is 6.54 Å². The zero-order chi connectivity index (χ0) is 18.1. The molecule has 6 heteroatoms. The smallest absolute Gasteiger partial charge is 0.250 e. The molecular formula is C20H26N3O3+. The minimum atomic E-state index is -0.454. The Kier molecular flexibility index (Phi) is 4.70. The van der Waals surface area contributed by atoms with Gasteiger partial charge in [-0.3, -0.25) is 4.79 Å². The van der Waals surface area contributed by atoms with E-state index < -0.39 is 6.10 Å². The number of aliphatic hydroxyl groups excluding tert-OH is 1. The van der Waals surface area contributed by atoms with E-state index in [0.29, 0.717) is 24.9 Å². The van der Waals surface area contributed by atoms with Crippen LogP contribution in [0.3, 0.4) is 0 Å². The number of likely N-dealkylation sites (tertiary alicyclic amines) is 1. The van der Waals surface area contributed by atoms with E-state index in [1.54, 1.807) is 24.3 Å². The molecular weight excluding hydrogens is 330 g/mol. The van der Waals surface area contributed by atoms with Crippen molar-refractivity contribution >= 4 is 5.69 Å². The number of hydrogen-bond donors (Lipinski definition) is 4. The van der Waals surface area contributed by atoms with Crippen LogP contribution in [-0.4, -0.2) is 47.1 Å². The fourth-order valence-corrected chi connectivity index (χ4v) is 4.54. The molecule has 4 atom stereocenters. The molecule has 4 N–H and O–H groups in total. The molecule has 1 saturated heterocycles. The van der Waals surface area contributed by atoms with Crippen molar-refractivity contribution in [1.82, 2.24) is 4.57 Å². The molecule has 6 nitrogen and oxygen atoms in total. The first-order valence-electron chi connectivity index (χ1n) is 9.33. The van der Waals surface area contributed by atoms with E-state index in [1.807, 2.05) is 16.7 Å². The summed E-state index contributed by atoms with van der Waals surface area (Å²) in [6, 6.07) is 12.5. The first kappa shape index (κ1) is 17.1. The number of quaternary nitrogens is 1. The van der Waals surface area contributed by atoms with Crippen LogP contribution in [0.15, 0.2) is 47.3 Å². The number of pyridine rings is 1. The number of piperidine rings is 1. The number of anilines is 1. The normalized spacial score (nSPS) is 25.3. The third-order valence-corrected chi connectivity index (χ3v) is 5.59. The van der Waals surface area contributed by atoms with Crippen molar-refractivity contribution < 1.29 is 15.1 Å². The summed E-state index contributed by atoms with van der Waals surface area (Å²) >= 11 is 0. The van der Waals surface area contributed by atoms with Crippen LogP contribution in [0.2, 0.25) is 0 Å². The molecule has 2 aliphatic heterocycles. The van der Waals surface area contributed by atoms with Crippen LogP contribution in [0.1, 0.15) is 18.0 Å². The first-order valence-corrected chi connectivity index (χ1v) is 9.33. The molecule has 2 aromatic rings. The number of phenols is 1. The number of phenolic OH excluding ortho intramolecular Hbond substituents is 1. The van der Waals surface area contributed by atoms with E-state index in [0.717, 1.165) is 37.4 Å². The fraction of sp³-hybridized carbons (Fsp3) is 0.450. The summed E-state index contributed by atoms with van der Waals surface area (Å²) in [5, 5.41) is 23.1. The molecule has 0 aliphatic carbocycles. The minimum Gasteiger partial charge on any atom is -0.508 e. The summed E-state index contributed by atoms with van der Waals surface area (Å²) in [5.74, 6) is 1.12. The van der Waals surface area contributed by atoms with Gasteiger partial charge in [-0.05, 0) is 24.6 Å². The van der Waals surface area contributed by atoms with Gasteiger partial charge in [0.1, 0.15) is 18.4 Å². The number of aliphatic hydroxyl groups is 1. The molecule has 4 rings (SSSR count). The number of nitrogens with zero attached hydrogens (tertiary/aromatic N) is 1. The standard InChI is InChI=1S/C20H25N3O3/c24-17-4-1-3-16(8-17)21-9-18(25)13-22-10-14-7-15(12-22)19-5-2-6-20(26)23(19)11-14/h1-6,8,14-15,18,21,24-25H,7,9-13H2/p+1/t14-,15+,18-/m1/s1. The summed E-state index contributed by atoms with van der Waals surface area (Å²) < 4.78 is 1.94. The maximum Gasteiger partial charge on any atom is 0.250 e. The Bertz CT molecular complexity index is 835. The van der Waals surface area contributed by atoms with Crippen molar-refractivity contribution in [3.63, 3.8) is 0 Å². The Labute approximate surface area is 152 Å². The van der Waals surface area contributed by atoms with Crippen LogP contribution >= 0.6 is 0 Å². The highest BCUT2D eigenvalue weighted by atomic mass is 16.3. The van der Waals surface area contributed by atoms with E-state index in [-0.39, 0.29) is 11.3 Å². The number of aromatic hydroxyl groups is 1. The summed E-state index contributed by atoms with van der Waals surface area (Å²) in [6.45, 7) is 3.91. The third kappa shape index (κ3) is 3.61. The lowest BCUT2D eigenvalue weighted by Crippen LogP contribution is -3.15. The Hall–Kier alpha value is -2.31. The van der Waals surface area contributed by atoms with Gasteiger partial charge in [0.15, 0.2) is 0 Å². The Balaban J connectivity index is 1.36. The Morgan fingerprint density at radius 2 is 2.08 bits per heavy atom. The molecule has 138 valence electrons. The van der Waals surface area contributed by atoms with E-state index in [1.165, 1.54) is 4.90 Å². The van der Waals surface area contributed by atoms with Crippen molar-refractivity contribution in [1.29, 1.82) is 0 Å². The summed E-state index contributed by atoms with van der Waals surface area (Å²) in [4.78, 5) is 13.5. The Morgan fingerprint density at radius 3 is 2.92 bits per heavy atom. The van der Waals surface area contributed by atoms with Crippen molar-refractivity contribution in [3.8, 4) is 5.75 Å². The van der Waals surface area contributed by atoms with Crippen LogP contribution in [0.25, 0.3) is 0 Å². The topological polar surface area (TPSA) is 78.9 Å². The van der Waals surface area contributed by atoms with Gasteiger partial charge in [0.05, 0.1) is 13.1 Å². The predicted octanol–water partition coefficient (Wildman–Crippen LogP) is 0.0289. The van der Waals surface area contributed by atoms with Crippen LogP contribution in [0.5, 0.6) is 5.75 Å². The highest BCUT2D eigenvalue weighted by Crippen LogP contribution is 2.30. The summed E-state index contributed by atoms with van der Waals surface area (Å²) in [6.07, 6.45) is 0.689. The molecule has 1 aromatic carbocycles. The van der Waals surface area contributed by atoms with Crippen molar-refractivity contribution in [2.24, 2.45) is 5.92 Å². The molecule has 0 saturated carbocycles. The number of rotatable bonds is 5. The molecule has 3 heterocycles. The van der Waals surface area contributed by atoms with E-state index >= 15 is 0 Å². The van der Waals surface area contributed by atoms with E-state index in [2.05, 4.69) is 11.4 Å². The van der Waals surface area contributed by atoms with Gasteiger partial charge in [0.25, 0.3) is 5.56 Å². The second-order valence-electron chi connectivity index (χ2n) is 7.65. The number of benzene rings is 1. The number of hydrogen-bond acceptors (Lipinski definition) is 4. The zero-order valence-electron chi connectivity index (χ0n) is 14.8. The average Bonchev–Trinajstić information content (AvgIpc) is 2.61. The molecule has 0 amide bonds. The number of aromatic nitrogens is 1. The molecule has 1 fully saturated rings. The van der Waals surface area contributed by atoms with Gasteiger partial charge in [-0.1, -0.05) is 12.1 Å². The van der Waals surface area contributed by atoms with Crippen molar-refractivity contribution in [2.75, 3.05) is 31.5 Å². The molecule has 0 radical (unpaired) electrons. The molecule has 2 aliphatic rings. The molecule has 1 aromatic heterocycles. The number of fused-ring (bicyclic) bond motifs is 4. The molecule has 0 spiro atoms. The summed E-state index contributed by atoms with van der Waals surface area (Å²) in [7, 11) is 0. The monoisotopic (exact) mass is 356 g/mol. The largest absolute Gasteiger partial charge is 0.508 e. The van der Waals surface area contributed by atoms with Gasteiger partial charge in [0.2, 0.25) is 0 Å². The lowest BCUT2D eigenvalue weighted by atomic mass is 9.83.